The number of hydrogen-bond acceptors (Lipinski definition) is 2. The summed E-state index contributed by atoms with van der Waals surface area (Å²) >= 11 is 0. The highest BCUT2D eigenvalue weighted by molar-refractivity contribution is 5.22. The highest BCUT2D eigenvalue weighted by atomic mass is 19.1. The first kappa shape index (κ1) is 11.8. The molecule has 0 aliphatic carbocycles. The van der Waals surface area contributed by atoms with Crippen LogP contribution in [0.25, 0.3) is 0 Å². The van der Waals surface area contributed by atoms with E-state index in [1.807, 2.05) is 32.4 Å². The second-order valence-corrected chi connectivity index (χ2v) is 4.05. The maximum atomic E-state index is 13.7. The van der Waals surface area contributed by atoms with Crippen LogP contribution in [0.4, 0.5) is 4.39 Å². The summed E-state index contributed by atoms with van der Waals surface area (Å²) in [6.45, 7) is 0. The average molecular weight is 233 g/mol. The molecule has 0 radical (unpaired) electrons. The van der Waals surface area contributed by atoms with Crippen molar-refractivity contribution < 1.29 is 4.39 Å². The van der Waals surface area contributed by atoms with Crippen LogP contribution in [-0.4, -0.2) is 16.8 Å². The first-order valence-corrected chi connectivity index (χ1v) is 5.61. The summed E-state index contributed by atoms with van der Waals surface area (Å²) in [5, 5.41) is 7.44. The minimum absolute atomic E-state index is 0.0499. The Labute approximate surface area is 100 Å². The zero-order valence-corrected chi connectivity index (χ0v) is 10.0. The van der Waals surface area contributed by atoms with Gasteiger partial charge in [0.25, 0.3) is 0 Å². The summed E-state index contributed by atoms with van der Waals surface area (Å²) in [5.41, 5.74) is 1.63. The van der Waals surface area contributed by atoms with Gasteiger partial charge in [0.1, 0.15) is 5.82 Å². The number of aryl methyl sites for hydroxylation is 1. The van der Waals surface area contributed by atoms with Crippen molar-refractivity contribution in [3.63, 3.8) is 0 Å². The Kier molecular flexibility index (Phi) is 3.54. The molecular formula is C13H16FN3. The molecular weight excluding hydrogens is 217 g/mol. The van der Waals surface area contributed by atoms with Crippen LogP contribution < -0.4 is 5.32 Å². The van der Waals surface area contributed by atoms with Gasteiger partial charge in [-0.15, -0.1) is 0 Å². The van der Waals surface area contributed by atoms with Gasteiger partial charge in [0, 0.05) is 31.3 Å². The monoisotopic (exact) mass is 233 g/mol. The van der Waals surface area contributed by atoms with Gasteiger partial charge < -0.3 is 5.32 Å². The molecule has 3 nitrogen and oxygen atoms in total. The molecule has 0 spiro atoms. The number of benzene rings is 1. The van der Waals surface area contributed by atoms with Crippen LogP contribution in [0, 0.1) is 5.82 Å². The highest BCUT2D eigenvalue weighted by Crippen LogP contribution is 2.19. The number of aromatic nitrogens is 2. The number of rotatable bonds is 4. The average Bonchev–Trinajstić information content (AvgIpc) is 2.73. The lowest BCUT2D eigenvalue weighted by Gasteiger charge is -2.16. The first-order valence-electron chi connectivity index (χ1n) is 5.61. The van der Waals surface area contributed by atoms with Crippen molar-refractivity contribution in [1.82, 2.24) is 15.1 Å². The molecule has 0 aliphatic heterocycles. The van der Waals surface area contributed by atoms with Crippen LogP contribution in [0.1, 0.15) is 17.3 Å². The Morgan fingerprint density at radius 2 is 2.12 bits per heavy atom. The lowest BCUT2D eigenvalue weighted by molar-refractivity contribution is 0.527. The van der Waals surface area contributed by atoms with Crippen molar-refractivity contribution in [3.8, 4) is 0 Å². The Balaban J connectivity index is 2.20. The quantitative estimate of drug-likeness (QED) is 0.876. The molecule has 0 saturated heterocycles. The van der Waals surface area contributed by atoms with E-state index in [2.05, 4.69) is 10.4 Å². The van der Waals surface area contributed by atoms with E-state index < -0.39 is 0 Å². The third-order valence-corrected chi connectivity index (χ3v) is 2.81. The van der Waals surface area contributed by atoms with Crippen LogP contribution >= 0.6 is 0 Å². The van der Waals surface area contributed by atoms with Gasteiger partial charge in [-0.05, 0) is 19.2 Å². The van der Waals surface area contributed by atoms with Crippen molar-refractivity contribution >= 4 is 0 Å². The summed E-state index contributed by atoms with van der Waals surface area (Å²) < 4.78 is 15.4. The third kappa shape index (κ3) is 2.71. The van der Waals surface area contributed by atoms with Crippen LogP contribution in [0.15, 0.2) is 36.5 Å². The molecule has 1 atom stereocenters. The van der Waals surface area contributed by atoms with Gasteiger partial charge in [-0.3, -0.25) is 4.68 Å². The molecule has 0 fully saturated rings. The summed E-state index contributed by atoms with van der Waals surface area (Å²) in [5.74, 6) is -0.178. The van der Waals surface area contributed by atoms with Gasteiger partial charge in [0.05, 0.1) is 5.69 Å². The number of nitrogens with one attached hydrogen (secondary N) is 1. The number of nitrogens with zero attached hydrogens (tertiary/aromatic N) is 2. The maximum Gasteiger partial charge on any atom is 0.127 e. The number of hydrogen-bond donors (Lipinski definition) is 1. The van der Waals surface area contributed by atoms with E-state index in [9.17, 15) is 4.39 Å². The molecule has 17 heavy (non-hydrogen) atoms. The van der Waals surface area contributed by atoms with Gasteiger partial charge in [-0.1, -0.05) is 18.2 Å². The van der Waals surface area contributed by atoms with E-state index in [0.717, 1.165) is 5.69 Å². The Morgan fingerprint density at radius 1 is 1.35 bits per heavy atom. The molecule has 0 amide bonds. The van der Waals surface area contributed by atoms with Gasteiger partial charge in [-0.2, -0.15) is 5.10 Å². The maximum absolute atomic E-state index is 13.7. The molecule has 0 saturated carbocycles. The Hall–Kier alpha value is -1.68. The Bertz CT molecular complexity index is 493. The highest BCUT2D eigenvalue weighted by Gasteiger charge is 2.15. The van der Waals surface area contributed by atoms with E-state index in [4.69, 9.17) is 0 Å². The van der Waals surface area contributed by atoms with Crippen molar-refractivity contribution in [2.45, 2.75) is 12.5 Å². The van der Waals surface area contributed by atoms with Crippen LogP contribution in [0.5, 0.6) is 0 Å². The standard InChI is InChI=1S/C13H16FN3/c1-15-13(9-10-7-8-17(2)16-10)11-5-3-4-6-12(11)14/h3-8,13,15H,9H2,1-2H3. The molecule has 1 aromatic heterocycles. The fraction of sp³-hybridized carbons (Fsp3) is 0.308. The lowest BCUT2D eigenvalue weighted by atomic mass is 10.0. The van der Waals surface area contributed by atoms with Gasteiger partial charge >= 0.3 is 0 Å². The zero-order chi connectivity index (χ0) is 12.3. The summed E-state index contributed by atoms with van der Waals surface area (Å²) in [6.07, 6.45) is 2.57. The normalized spacial score (nSPS) is 12.6. The smallest absolute Gasteiger partial charge is 0.127 e. The fourth-order valence-corrected chi connectivity index (χ4v) is 1.91. The van der Waals surface area contributed by atoms with Crippen molar-refractivity contribution in [2.24, 2.45) is 7.05 Å². The van der Waals surface area contributed by atoms with Gasteiger partial charge in [0.15, 0.2) is 0 Å². The largest absolute Gasteiger partial charge is 0.313 e. The predicted molar refractivity (Wildman–Crippen MR) is 65.1 cm³/mol. The number of halogens is 1. The van der Waals surface area contributed by atoms with Gasteiger partial charge in [0.2, 0.25) is 0 Å². The minimum atomic E-state index is -0.178. The van der Waals surface area contributed by atoms with E-state index in [-0.39, 0.29) is 11.9 Å². The fourth-order valence-electron chi connectivity index (χ4n) is 1.91. The molecule has 1 aromatic carbocycles. The molecule has 1 unspecified atom stereocenters. The summed E-state index contributed by atoms with van der Waals surface area (Å²) in [4.78, 5) is 0. The van der Waals surface area contributed by atoms with Crippen molar-refractivity contribution in [1.29, 1.82) is 0 Å². The molecule has 2 rings (SSSR count). The number of likely N-dealkylation sites (N-methyl/N-ethyl adjacent to an activating group) is 1. The second kappa shape index (κ2) is 5.10. The van der Waals surface area contributed by atoms with E-state index in [1.54, 1.807) is 16.8 Å². The van der Waals surface area contributed by atoms with E-state index >= 15 is 0 Å². The molecule has 2 aromatic rings. The van der Waals surface area contributed by atoms with Crippen molar-refractivity contribution in [2.75, 3.05) is 7.05 Å². The lowest BCUT2D eigenvalue weighted by Crippen LogP contribution is -2.20. The van der Waals surface area contributed by atoms with Gasteiger partial charge in [-0.25, -0.2) is 4.39 Å². The predicted octanol–water partition coefficient (Wildman–Crippen LogP) is 2.06. The Morgan fingerprint density at radius 3 is 2.71 bits per heavy atom. The molecule has 1 N–H and O–H groups in total. The summed E-state index contributed by atoms with van der Waals surface area (Å²) in [7, 11) is 3.71. The van der Waals surface area contributed by atoms with Crippen LogP contribution in [0.2, 0.25) is 0 Å². The topological polar surface area (TPSA) is 29.9 Å². The van der Waals surface area contributed by atoms with E-state index in [0.29, 0.717) is 12.0 Å². The van der Waals surface area contributed by atoms with Crippen LogP contribution in [0.3, 0.4) is 0 Å². The molecule has 0 aliphatic rings. The third-order valence-electron chi connectivity index (χ3n) is 2.81. The summed E-state index contributed by atoms with van der Waals surface area (Å²) in [6, 6.07) is 8.74. The molecule has 90 valence electrons. The van der Waals surface area contributed by atoms with Crippen molar-refractivity contribution in [3.05, 3.63) is 53.6 Å². The second-order valence-electron chi connectivity index (χ2n) is 4.05. The zero-order valence-electron chi connectivity index (χ0n) is 10.0. The van der Waals surface area contributed by atoms with E-state index in [1.165, 1.54) is 6.07 Å². The SMILES string of the molecule is CNC(Cc1ccn(C)n1)c1ccccc1F. The van der Waals surface area contributed by atoms with Crippen LogP contribution in [-0.2, 0) is 13.5 Å². The molecule has 1 heterocycles. The molecule has 0 bridgehead atoms. The minimum Gasteiger partial charge on any atom is -0.313 e. The first-order chi connectivity index (χ1) is 8.20. The molecule has 4 heteroatoms.